The minimum absolute atomic E-state index is 0.0449. The summed E-state index contributed by atoms with van der Waals surface area (Å²) in [7, 11) is -3.36. The molecule has 6 nitrogen and oxygen atoms in total. The lowest BCUT2D eigenvalue weighted by molar-refractivity contribution is 0.0817. The second-order valence-corrected chi connectivity index (χ2v) is 7.63. The number of carbonyl (C=O) groups is 2. The van der Waals surface area contributed by atoms with E-state index in [2.05, 4.69) is 4.72 Å². The predicted molar refractivity (Wildman–Crippen MR) is 100 cm³/mol. The van der Waals surface area contributed by atoms with E-state index in [0.717, 1.165) is 6.26 Å². The zero-order chi connectivity index (χ0) is 19.3. The van der Waals surface area contributed by atoms with E-state index in [1.807, 2.05) is 0 Å². The Morgan fingerprint density at radius 2 is 1.54 bits per heavy atom. The van der Waals surface area contributed by atoms with Crippen LogP contribution >= 0.6 is 0 Å². The van der Waals surface area contributed by atoms with Crippen LogP contribution in [0.1, 0.15) is 41.0 Å². The van der Waals surface area contributed by atoms with Crippen LogP contribution in [0.25, 0.3) is 0 Å². The summed E-state index contributed by atoms with van der Waals surface area (Å²) in [6, 6.07) is 12.8. The fourth-order valence-corrected chi connectivity index (χ4v) is 2.90. The third kappa shape index (κ3) is 5.42. The molecule has 138 valence electrons. The molecule has 0 aliphatic carbocycles. The Kier molecular flexibility index (Phi) is 6.15. The van der Waals surface area contributed by atoms with Crippen LogP contribution in [0.5, 0.6) is 5.75 Å². The van der Waals surface area contributed by atoms with Crippen LogP contribution in [-0.2, 0) is 10.0 Å². The van der Waals surface area contributed by atoms with Crippen LogP contribution in [0, 0.1) is 0 Å². The van der Waals surface area contributed by atoms with Crippen molar-refractivity contribution in [3.05, 3.63) is 59.7 Å². The van der Waals surface area contributed by atoms with Gasteiger partial charge in [0.2, 0.25) is 15.8 Å². The predicted octanol–water partition coefficient (Wildman–Crippen LogP) is 3.30. The van der Waals surface area contributed by atoms with E-state index < -0.39 is 16.1 Å². The van der Waals surface area contributed by atoms with Gasteiger partial charge < -0.3 is 4.74 Å². The Morgan fingerprint density at radius 1 is 1.00 bits per heavy atom. The molecule has 0 saturated heterocycles. The van der Waals surface area contributed by atoms with Crippen LogP contribution in [-0.4, -0.2) is 32.3 Å². The fraction of sp³-hybridized carbons (Fsp3) is 0.263. The Hall–Kier alpha value is -2.67. The molecule has 26 heavy (non-hydrogen) atoms. The first-order valence-corrected chi connectivity index (χ1v) is 10.0. The summed E-state index contributed by atoms with van der Waals surface area (Å²) in [5.74, 6) is 0.307. The summed E-state index contributed by atoms with van der Waals surface area (Å²) in [5, 5.41) is 0. The lowest BCUT2D eigenvalue weighted by Gasteiger charge is -2.14. The van der Waals surface area contributed by atoms with Crippen molar-refractivity contribution >= 4 is 27.3 Å². The molecule has 0 radical (unpaired) electrons. The molecule has 0 unspecified atom stereocenters. The first-order valence-electron chi connectivity index (χ1n) is 8.11. The van der Waals surface area contributed by atoms with Gasteiger partial charge in [-0.15, -0.1) is 0 Å². The highest BCUT2D eigenvalue weighted by Crippen LogP contribution is 2.18. The minimum Gasteiger partial charge on any atom is -0.483 e. The normalized spacial score (nSPS) is 12.3. The number of ketones is 2. The van der Waals surface area contributed by atoms with Gasteiger partial charge in [0.25, 0.3) is 0 Å². The van der Waals surface area contributed by atoms with Crippen molar-refractivity contribution < 1.29 is 22.7 Å². The fourth-order valence-electron chi connectivity index (χ4n) is 2.33. The molecule has 0 fully saturated rings. The maximum Gasteiger partial charge on any atom is 0.229 e. The molecular weight excluding hydrogens is 354 g/mol. The van der Waals surface area contributed by atoms with Gasteiger partial charge in [-0.1, -0.05) is 6.92 Å². The first kappa shape index (κ1) is 19.7. The van der Waals surface area contributed by atoms with E-state index in [9.17, 15) is 18.0 Å². The molecule has 0 heterocycles. The monoisotopic (exact) mass is 375 g/mol. The van der Waals surface area contributed by atoms with Gasteiger partial charge in [0.15, 0.2) is 11.9 Å². The van der Waals surface area contributed by atoms with Crippen molar-refractivity contribution in [1.29, 1.82) is 0 Å². The van der Waals surface area contributed by atoms with Gasteiger partial charge in [-0.25, -0.2) is 8.42 Å². The van der Waals surface area contributed by atoms with E-state index in [1.165, 1.54) is 12.1 Å². The molecule has 1 N–H and O–H groups in total. The number of hydrogen-bond donors (Lipinski definition) is 1. The summed E-state index contributed by atoms with van der Waals surface area (Å²) in [6.45, 7) is 3.43. The summed E-state index contributed by atoms with van der Waals surface area (Å²) in [6.07, 6.45) is 0.761. The average molecular weight is 375 g/mol. The molecular formula is C19H21NO5S. The largest absolute Gasteiger partial charge is 0.483 e. The maximum atomic E-state index is 12.4. The van der Waals surface area contributed by atoms with Crippen LogP contribution < -0.4 is 9.46 Å². The van der Waals surface area contributed by atoms with Crippen LogP contribution in [0.4, 0.5) is 5.69 Å². The van der Waals surface area contributed by atoms with Crippen molar-refractivity contribution in [3.63, 3.8) is 0 Å². The van der Waals surface area contributed by atoms with Crippen molar-refractivity contribution in [2.75, 3.05) is 11.0 Å². The van der Waals surface area contributed by atoms with Crippen molar-refractivity contribution in [1.82, 2.24) is 0 Å². The average Bonchev–Trinajstić information content (AvgIpc) is 2.60. The van der Waals surface area contributed by atoms with E-state index in [4.69, 9.17) is 4.74 Å². The number of hydrogen-bond acceptors (Lipinski definition) is 5. The van der Waals surface area contributed by atoms with Gasteiger partial charge >= 0.3 is 0 Å². The Labute approximate surface area is 153 Å². The number of ether oxygens (including phenoxy) is 1. The Bertz CT molecular complexity index is 887. The number of benzene rings is 2. The van der Waals surface area contributed by atoms with Crippen LogP contribution in [0.2, 0.25) is 0 Å². The summed E-state index contributed by atoms with van der Waals surface area (Å²) in [5.41, 5.74) is 1.40. The zero-order valence-electron chi connectivity index (χ0n) is 14.9. The van der Waals surface area contributed by atoms with E-state index in [0.29, 0.717) is 29.0 Å². The number of Topliss-reactive ketones (excluding diaryl/α,β-unsaturated/α-hetero) is 2. The van der Waals surface area contributed by atoms with Gasteiger partial charge in [-0.2, -0.15) is 0 Å². The number of carbonyl (C=O) groups excluding carboxylic acids is 2. The molecule has 2 rings (SSSR count). The van der Waals surface area contributed by atoms with E-state index in [-0.39, 0.29) is 11.6 Å². The third-order valence-electron chi connectivity index (χ3n) is 3.65. The van der Waals surface area contributed by atoms with Gasteiger partial charge in [-0.05, 0) is 55.5 Å². The standard InChI is InChI=1S/C19H21NO5S/c1-4-18(21)14-7-11-17(12-8-14)25-13(2)19(22)15-5-9-16(10-6-15)20-26(3,23)24/h5-13,20H,4H2,1-3H3/t13-/m0/s1. The molecule has 0 aliphatic heterocycles. The second kappa shape index (κ2) is 8.14. The lowest BCUT2D eigenvalue weighted by Crippen LogP contribution is -2.24. The molecule has 2 aromatic carbocycles. The molecule has 2 aromatic rings. The molecule has 0 bridgehead atoms. The topological polar surface area (TPSA) is 89.5 Å². The molecule has 0 aliphatic rings. The summed E-state index contributed by atoms with van der Waals surface area (Å²) < 4.78 is 30.4. The van der Waals surface area contributed by atoms with Crippen molar-refractivity contribution in [2.24, 2.45) is 0 Å². The van der Waals surface area contributed by atoms with Crippen LogP contribution in [0.15, 0.2) is 48.5 Å². The van der Waals surface area contributed by atoms with Crippen LogP contribution in [0.3, 0.4) is 0 Å². The molecule has 0 aromatic heterocycles. The molecule has 0 spiro atoms. The smallest absolute Gasteiger partial charge is 0.229 e. The van der Waals surface area contributed by atoms with E-state index >= 15 is 0 Å². The highest BCUT2D eigenvalue weighted by molar-refractivity contribution is 7.92. The minimum atomic E-state index is -3.36. The van der Waals surface area contributed by atoms with Gasteiger partial charge in [0.1, 0.15) is 5.75 Å². The summed E-state index contributed by atoms with van der Waals surface area (Å²) >= 11 is 0. The number of sulfonamides is 1. The van der Waals surface area contributed by atoms with Gasteiger partial charge in [0.05, 0.1) is 6.26 Å². The van der Waals surface area contributed by atoms with E-state index in [1.54, 1.807) is 50.2 Å². The van der Waals surface area contributed by atoms with Crippen molar-refractivity contribution in [3.8, 4) is 5.75 Å². The maximum absolute atomic E-state index is 12.4. The van der Waals surface area contributed by atoms with Gasteiger partial charge in [0, 0.05) is 23.2 Å². The molecule has 1 atom stereocenters. The first-order chi connectivity index (χ1) is 12.2. The molecule has 0 saturated carbocycles. The molecule has 0 amide bonds. The number of rotatable bonds is 8. The quantitative estimate of drug-likeness (QED) is 0.715. The number of nitrogens with one attached hydrogen (secondary N) is 1. The van der Waals surface area contributed by atoms with Crippen molar-refractivity contribution in [2.45, 2.75) is 26.4 Å². The molecule has 7 heteroatoms. The number of anilines is 1. The second-order valence-electron chi connectivity index (χ2n) is 5.88. The Morgan fingerprint density at radius 3 is 2.04 bits per heavy atom. The summed E-state index contributed by atoms with van der Waals surface area (Å²) in [4.78, 5) is 24.1. The zero-order valence-corrected chi connectivity index (χ0v) is 15.7. The Balaban J connectivity index is 2.04. The highest BCUT2D eigenvalue weighted by Gasteiger charge is 2.17. The lowest BCUT2D eigenvalue weighted by atomic mass is 10.1. The SMILES string of the molecule is CCC(=O)c1ccc(O[C@@H](C)C(=O)c2ccc(NS(C)(=O)=O)cc2)cc1. The van der Waals surface area contributed by atoms with Gasteiger partial charge in [-0.3, -0.25) is 14.3 Å². The highest BCUT2D eigenvalue weighted by atomic mass is 32.2. The third-order valence-corrected chi connectivity index (χ3v) is 4.26.